The van der Waals surface area contributed by atoms with Crippen molar-refractivity contribution in [2.75, 3.05) is 19.0 Å². The van der Waals surface area contributed by atoms with E-state index in [4.69, 9.17) is 0 Å². The molecule has 0 atom stereocenters. The van der Waals surface area contributed by atoms with Crippen molar-refractivity contribution >= 4 is 5.69 Å². The SMILES string of the molecule is CCc1cc(N(C)C)cc(CC(C)C)n1. The highest BCUT2D eigenvalue weighted by atomic mass is 15.1. The van der Waals surface area contributed by atoms with Crippen LogP contribution in [0.25, 0.3) is 0 Å². The van der Waals surface area contributed by atoms with Crippen molar-refractivity contribution < 1.29 is 0 Å². The Morgan fingerprint density at radius 1 is 1.20 bits per heavy atom. The standard InChI is InChI=1S/C13H22N2/c1-6-11-8-13(15(4)5)9-12(14-11)7-10(2)3/h8-10H,6-7H2,1-5H3. The maximum Gasteiger partial charge on any atom is 0.0430 e. The molecule has 2 heteroatoms. The summed E-state index contributed by atoms with van der Waals surface area (Å²) in [6.45, 7) is 6.62. The van der Waals surface area contributed by atoms with Crippen LogP contribution in [0.15, 0.2) is 12.1 Å². The van der Waals surface area contributed by atoms with Crippen molar-refractivity contribution in [2.45, 2.75) is 33.6 Å². The number of hydrogen-bond acceptors (Lipinski definition) is 2. The minimum absolute atomic E-state index is 0.666. The van der Waals surface area contributed by atoms with Gasteiger partial charge in [-0.1, -0.05) is 20.8 Å². The topological polar surface area (TPSA) is 16.1 Å². The average Bonchev–Trinajstić information content (AvgIpc) is 2.16. The lowest BCUT2D eigenvalue weighted by atomic mass is 10.1. The highest BCUT2D eigenvalue weighted by molar-refractivity contribution is 5.47. The van der Waals surface area contributed by atoms with Crippen LogP contribution in [0.1, 0.15) is 32.2 Å². The molecule has 0 N–H and O–H groups in total. The van der Waals surface area contributed by atoms with Gasteiger partial charge in [0, 0.05) is 31.2 Å². The Hall–Kier alpha value is -1.05. The second-order valence-electron chi connectivity index (χ2n) is 4.65. The van der Waals surface area contributed by atoms with E-state index in [0.717, 1.165) is 12.8 Å². The normalized spacial score (nSPS) is 10.8. The third-order valence-electron chi connectivity index (χ3n) is 2.41. The Balaban J connectivity index is 3.00. The van der Waals surface area contributed by atoms with Gasteiger partial charge in [-0.3, -0.25) is 4.98 Å². The van der Waals surface area contributed by atoms with Crippen LogP contribution in [0.3, 0.4) is 0 Å². The number of nitrogens with zero attached hydrogens (tertiary/aromatic N) is 2. The van der Waals surface area contributed by atoms with Crippen LogP contribution in [0.2, 0.25) is 0 Å². The average molecular weight is 206 g/mol. The fourth-order valence-electron chi connectivity index (χ4n) is 1.59. The second-order valence-corrected chi connectivity index (χ2v) is 4.65. The minimum Gasteiger partial charge on any atom is -0.378 e. The molecule has 0 bridgehead atoms. The van der Waals surface area contributed by atoms with Crippen molar-refractivity contribution in [1.82, 2.24) is 4.98 Å². The molecule has 0 aliphatic carbocycles. The van der Waals surface area contributed by atoms with E-state index < -0.39 is 0 Å². The predicted molar refractivity (Wildman–Crippen MR) is 66.5 cm³/mol. The lowest BCUT2D eigenvalue weighted by Crippen LogP contribution is -2.11. The van der Waals surface area contributed by atoms with Crippen molar-refractivity contribution in [1.29, 1.82) is 0 Å². The molecule has 0 aliphatic rings. The van der Waals surface area contributed by atoms with Gasteiger partial charge in [0.1, 0.15) is 0 Å². The highest BCUT2D eigenvalue weighted by Crippen LogP contribution is 2.17. The Labute approximate surface area is 93.3 Å². The molecule has 84 valence electrons. The molecule has 1 heterocycles. The molecular weight excluding hydrogens is 184 g/mol. The molecule has 0 saturated heterocycles. The third-order valence-corrected chi connectivity index (χ3v) is 2.41. The zero-order valence-corrected chi connectivity index (χ0v) is 10.5. The molecule has 15 heavy (non-hydrogen) atoms. The van der Waals surface area contributed by atoms with Gasteiger partial charge in [-0.05, 0) is 30.9 Å². The first-order valence-electron chi connectivity index (χ1n) is 5.70. The number of aromatic nitrogens is 1. The first-order valence-corrected chi connectivity index (χ1v) is 5.70. The van der Waals surface area contributed by atoms with E-state index in [1.807, 2.05) is 0 Å². The van der Waals surface area contributed by atoms with Crippen LogP contribution < -0.4 is 4.90 Å². The van der Waals surface area contributed by atoms with Gasteiger partial charge in [-0.25, -0.2) is 0 Å². The van der Waals surface area contributed by atoms with Crippen LogP contribution in [0.5, 0.6) is 0 Å². The maximum absolute atomic E-state index is 4.65. The van der Waals surface area contributed by atoms with E-state index in [-0.39, 0.29) is 0 Å². The summed E-state index contributed by atoms with van der Waals surface area (Å²) in [5.74, 6) is 0.666. The number of pyridine rings is 1. The summed E-state index contributed by atoms with van der Waals surface area (Å²) in [4.78, 5) is 6.79. The van der Waals surface area contributed by atoms with E-state index in [9.17, 15) is 0 Å². The van der Waals surface area contributed by atoms with E-state index in [1.54, 1.807) is 0 Å². The number of aryl methyl sites for hydroxylation is 1. The Morgan fingerprint density at radius 2 is 1.80 bits per heavy atom. The van der Waals surface area contributed by atoms with Crippen LogP contribution >= 0.6 is 0 Å². The molecule has 1 aromatic rings. The molecule has 2 nitrogen and oxygen atoms in total. The summed E-state index contributed by atoms with van der Waals surface area (Å²) in [6, 6.07) is 4.36. The smallest absolute Gasteiger partial charge is 0.0430 e. The molecule has 1 aromatic heterocycles. The van der Waals surface area contributed by atoms with Crippen LogP contribution in [0.4, 0.5) is 5.69 Å². The van der Waals surface area contributed by atoms with Gasteiger partial charge in [-0.2, -0.15) is 0 Å². The van der Waals surface area contributed by atoms with Crippen LogP contribution in [0, 0.1) is 5.92 Å². The van der Waals surface area contributed by atoms with E-state index >= 15 is 0 Å². The first kappa shape index (κ1) is 12.0. The van der Waals surface area contributed by atoms with Crippen LogP contribution in [-0.4, -0.2) is 19.1 Å². The number of hydrogen-bond donors (Lipinski definition) is 0. The minimum atomic E-state index is 0.666. The predicted octanol–water partition coefficient (Wildman–Crippen LogP) is 2.91. The summed E-state index contributed by atoms with van der Waals surface area (Å²) in [5, 5.41) is 0. The van der Waals surface area contributed by atoms with Gasteiger partial charge in [-0.15, -0.1) is 0 Å². The lowest BCUT2D eigenvalue weighted by molar-refractivity contribution is 0.633. The zero-order valence-electron chi connectivity index (χ0n) is 10.5. The van der Waals surface area contributed by atoms with Crippen molar-refractivity contribution in [3.05, 3.63) is 23.5 Å². The number of anilines is 1. The van der Waals surface area contributed by atoms with E-state index in [1.165, 1.54) is 17.1 Å². The zero-order chi connectivity index (χ0) is 11.4. The third kappa shape index (κ3) is 3.54. The van der Waals surface area contributed by atoms with Crippen molar-refractivity contribution in [3.63, 3.8) is 0 Å². The van der Waals surface area contributed by atoms with E-state index in [2.05, 4.69) is 56.9 Å². The monoisotopic (exact) mass is 206 g/mol. The molecule has 0 fully saturated rings. The lowest BCUT2D eigenvalue weighted by Gasteiger charge is -2.15. The fourth-order valence-corrected chi connectivity index (χ4v) is 1.59. The van der Waals surface area contributed by atoms with Gasteiger partial charge in [0.15, 0.2) is 0 Å². The Bertz CT molecular complexity index is 316. The second kappa shape index (κ2) is 5.15. The van der Waals surface area contributed by atoms with Gasteiger partial charge in [0.05, 0.1) is 0 Å². The molecule has 0 aliphatic heterocycles. The fraction of sp³-hybridized carbons (Fsp3) is 0.615. The summed E-state index contributed by atoms with van der Waals surface area (Å²) >= 11 is 0. The summed E-state index contributed by atoms with van der Waals surface area (Å²) in [5.41, 5.74) is 3.67. The molecule has 0 unspecified atom stereocenters. The summed E-state index contributed by atoms with van der Waals surface area (Å²) < 4.78 is 0. The molecule has 1 rings (SSSR count). The van der Waals surface area contributed by atoms with Crippen molar-refractivity contribution in [2.24, 2.45) is 5.92 Å². The van der Waals surface area contributed by atoms with Gasteiger partial charge >= 0.3 is 0 Å². The molecule has 0 spiro atoms. The highest BCUT2D eigenvalue weighted by Gasteiger charge is 2.05. The first-order chi connectivity index (χ1) is 7.02. The number of rotatable bonds is 4. The van der Waals surface area contributed by atoms with E-state index in [0.29, 0.717) is 5.92 Å². The van der Waals surface area contributed by atoms with Crippen LogP contribution in [-0.2, 0) is 12.8 Å². The molecule has 0 saturated carbocycles. The summed E-state index contributed by atoms with van der Waals surface area (Å²) in [6.07, 6.45) is 2.07. The Kier molecular flexibility index (Phi) is 4.13. The van der Waals surface area contributed by atoms with Crippen molar-refractivity contribution in [3.8, 4) is 0 Å². The Morgan fingerprint density at radius 3 is 2.27 bits per heavy atom. The quantitative estimate of drug-likeness (QED) is 0.753. The molecule has 0 radical (unpaired) electrons. The molecular formula is C13H22N2. The van der Waals surface area contributed by atoms with Gasteiger partial charge in [0.2, 0.25) is 0 Å². The van der Waals surface area contributed by atoms with Gasteiger partial charge in [0.25, 0.3) is 0 Å². The molecule has 0 aromatic carbocycles. The maximum atomic E-state index is 4.65. The molecule has 0 amide bonds. The summed E-state index contributed by atoms with van der Waals surface area (Å²) in [7, 11) is 4.15. The van der Waals surface area contributed by atoms with Gasteiger partial charge < -0.3 is 4.90 Å². The largest absolute Gasteiger partial charge is 0.378 e.